The van der Waals surface area contributed by atoms with E-state index in [-0.39, 0.29) is 11.5 Å². The van der Waals surface area contributed by atoms with Gasteiger partial charge in [-0.1, -0.05) is 0 Å². The molecule has 116 valence electrons. The lowest BCUT2D eigenvalue weighted by Gasteiger charge is -2.38. The van der Waals surface area contributed by atoms with Crippen LogP contribution in [0.1, 0.15) is 35.1 Å². The molecule has 2 heterocycles. The molecule has 0 aromatic carbocycles. The lowest BCUT2D eigenvalue weighted by Crippen LogP contribution is -2.51. The van der Waals surface area contributed by atoms with Crippen LogP contribution in [-0.2, 0) is 9.53 Å². The average Bonchev–Trinajstić information content (AvgIpc) is 2.88. The van der Waals surface area contributed by atoms with E-state index in [1.807, 2.05) is 0 Å². The lowest BCUT2D eigenvalue weighted by molar-refractivity contribution is -0.123. The third kappa shape index (κ3) is 2.65. The molecule has 1 aromatic heterocycles. The van der Waals surface area contributed by atoms with Crippen molar-refractivity contribution in [1.29, 1.82) is 0 Å². The summed E-state index contributed by atoms with van der Waals surface area (Å²) < 4.78 is 6.10. The van der Waals surface area contributed by atoms with Gasteiger partial charge in [0.25, 0.3) is 0 Å². The maximum Gasteiger partial charge on any atom is 0.339 e. The number of carbonyl (C=O) groups excluding carboxylic acids is 2. The number of amides is 1. The number of methoxy groups -OCH3 is 1. The van der Waals surface area contributed by atoms with Crippen molar-refractivity contribution < 1.29 is 29.6 Å². The minimum Gasteiger partial charge on any atom is -0.465 e. The zero-order valence-corrected chi connectivity index (χ0v) is 11.7. The Balaban J connectivity index is 2.50. The molecule has 8 nitrogen and oxygen atoms in total. The van der Waals surface area contributed by atoms with Crippen LogP contribution in [0.2, 0.25) is 0 Å². The highest BCUT2D eigenvalue weighted by atomic mass is 16.5. The van der Waals surface area contributed by atoms with Crippen molar-refractivity contribution in [2.45, 2.75) is 31.2 Å². The van der Waals surface area contributed by atoms with Crippen LogP contribution in [0.3, 0.4) is 0 Å². The zero-order valence-electron chi connectivity index (χ0n) is 11.7. The van der Waals surface area contributed by atoms with Crippen molar-refractivity contribution in [3.63, 3.8) is 0 Å². The molecule has 0 fully saturated rings. The fourth-order valence-electron chi connectivity index (χ4n) is 2.60. The van der Waals surface area contributed by atoms with Gasteiger partial charge in [-0.2, -0.15) is 0 Å². The lowest BCUT2D eigenvalue weighted by atomic mass is 9.92. The first-order valence-corrected chi connectivity index (χ1v) is 6.44. The van der Waals surface area contributed by atoms with Gasteiger partial charge < -0.3 is 29.9 Å². The molecule has 4 atom stereocenters. The van der Waals surface area contributed by atoms with Gasteiger partial charge in [0.05, 0.1) is 31.4 Å². The van der Waals surface area contributed by atoms with Crippen molar-refractivity contribution in [1.82, 2.24) is 9.88 Å². The van der Waals surface area contributed by atoms with Crippen LogP contribution in [0, 0.1) is 0 Å². The molecule has 21 heavy (non-hydrogen) atoms. The molecule has 1 aliphatic heterocycles. The van der Waals surface area contributed by atoms with Crippen LogP contribution in [-0.4, -0.2) is 57.7 Å². The fourth-order valence-corrected chi connectivity index (χ4v) is 2.60. The fraction of sp³-hybridized carbons (Fsp3) is 0.538. The molecule has 0 saturated carbocycles. The van der Waals surface area contributed by atoms with Crippen LogP contribution < -0.4 is 5.32 Å². The summed E-state index contributed by atoms with van der Waals surface area (Å²) in [5.41, 5.74) is 0.630. The van der Waals surface area contributed by atoms with Crippen LogP contribution >= 0.6 is 0 Å². The van der Waals surface area contributed by atoms with E-state index in [4.69, 9.17) is 0 Å². The van der Waals surface area contributed by atoms with Gasteiger partial charge in [-0.3, -0.25) is 4.79 Å². The highest BCUT2D eigenvalue weighted by molar-refractivity contribution is 5.89. The summed E-state index contributed by atoms with van der Waals surface area (Å²) in [6.45, 7) is 0.860. The van der Waals surface area contributed by atoms with Crippen LogP contribution in [0.25, 0.3) is 0 Å². The number of ether oxygens (including phenoxy) is 1. The number of aromatic nitrogens is 1. The monoisotopic (exact) mass is 298 g/mol. The maximum atomic E-state index is 11.6. The van der Waals surface area contributed by atoms with Gasteiger partial charge in [-0.15, -0.1) is 0 Å². The number of nitrogens with zero attached hydrogens (tertiary/aromatic N) is 1. The second-order valence-electron chi connectivity index (χ2n) is 4.96. The molecule has 0 radical (unpaired) electrons. The van der Waals surface area contributed by atoms with Crippen molar-refractivity contribution in [2.75, 3.05) is 13.7 Å². The van der Waals surface area contributed by atoms with E-state index in [9.17, 15) is 24.9 Å². The first kappa shape index (κ1) is 15.5. The molecule has 2 rings (SSSR count). The normalized spacial score (nSPS) is 27.9. The molecule has 0 aliphatic carbocycles. The van der Waals surface area contributed by atoms with E-state index in [0.29, 0.717) is 5.69 Å². The molecular formula is C13H18N2O6. The quantitative estimate of drug-likeness (QED) is 0.516. The second kappa shape index (κ2) is 5.84. The van der Waals surface area contributed by atoms with Crippen LogP contribution in [0.4, 0.5) is 0 Å². The van der Waals surface area contributed by atoms with E-state index in [2.05, 4.69) is 10.1 Å². The van der Waals surface area contributed by atoms with Crippen molar-refractivity contribution in [3.8, 4) is 0 Å². The summed E-state index contributed by atoms with van der Waals surface area (Å²) in [6, 6.07) is -0.221. The Hall–Kier alpha value is -1.90. The SMILES string of the molecule is COC(=O)c1cc2n(c1)[C@H](CO)[C@@H](O)[C@H](O)[C@H]2NC(C)=O. The Morgan fingerprint density at radius 2 is 2.05 bits per heavy atom. The summed E-state index contributed by atoms with van der Waals surface area (Å²) in [4.78, 5) is 22.9. The third-order valence-corrected chi connectivity index (χ3v) is 3.61. The predicted octanol–water partition coefficient (Wildman–Crippen LogP) is -1.28. The first-order chi connectivity index (χ1) is 9.90. The molecule has 1 aliphatic rings. The molecule has 8 heteroatoms. The summed E-state index contributed by atoms with van der Waals surface area (Å²) in [6.07, 6.45) is -1.15. The van der Waals surface area contributed by atoms with Crippen LogP contribution in [0.15, 0.2) is 12.3 Å². The number of nitrogens with one attached hydrogen (secondary N) is 1. The van der Waals surface area contributed by atoms with Gasteiger partial charge in [-0.25, -0.2) is 4.79 Å². The molecule has 0 spiro atoms. The first-order valence-electron chi connectivity index (χ1n) is 6.44. The zero-order chi connectivity index (χ0) is 15.7. The summed E-state index contributed by atoms with van der Waals surface area (Å²) in [5, 5.41) is 32.1. The second-order valence-corrected chi connectivity index (χ2v) is 4.96. The van der Waals surface area contributed by atoms with Gasteiger partial charge in [-0.05, 0) is 6.07 Å². The number of esters is 1. The minimum absolute atomic E-state index is 0.211. The maximum absolute atomic E-state index is 11.6. The van der Waals surface area contributed by atoms with Gasteiger partial charge >= 0.3 is 5.97 Å². The average molecular weight is 298 g/mol. The minimum atomic E-state index is -1.29. The number of carbonyl (C=O) groups is 2. The van der Waals surface area contributed by atoms with E-state index in [0.717, 1.165) is 0 Å². The van der Waals surface area contributed by atoms with Gasteiger partial charge in [0, 0.05) is 18.8 Å². The number of hydrogen-bond acceptors (Lipinski definition) is 6. The van der Waals surface area contributed by atoms with Crippen molar-refractivity contribution in [2.24, 2.45) is 0 Å². The summed E-state index contributed by atoms with van der Waals surface area (Å²) in [5.74, 6) is -0.972. The number of fused-ring (bicyclic) bond motifs is 1. The smallest absolute Gasteiger partial charge is 0.339 e. The Labute approximate surface area is 120 Å². The Kier molecular flexibility index (Phi) is 4.31. The van der Waals surface area contributed by atoms with E-state index >= 15 is 0 Å². The Morgan fingerprint density at radius 1 is 1.38 bits per heavy atom. The van der Waals surface area contributed by atoms with Crippen molar-refractivity contribution >= 4 is 11.9 Å². The highest BCUT2D eigenvalue weighted by Crippen LogP contribution is 2.34. The Morgan fingerprint density at radius 3 is 2.57 bits per heavy atom. The molecule has 0 bridgehead atoms. The molecular weight excluding hydrogens is 280 g/mol. The summed E-state index contributed by atoms with van der Waals surface area (Å²) in [7, 11) is 1.23. The Bertz CT molecular complexity index is 555. The van der Waals surface area contributed by atoms with Gasteiger partial charge in [0.15, 0.2) is 0 Å². The third-order valence-electron chi connectivity index (χ3n) is 3.61. The molecule has 4 N–H and O–H groups in total. The highest BCUT2D eigenvalue weighted by Gasteiger charge is 2.42. The standard InChI is InChI=1S/C13H18N2O6/c1-6(17)14-10-8-3-7(13(20)21-2)4-15(8)9(5-16)11(18)12(10)19/h3-4,9-12,16,18-19H,5H2,1-2H3,(H,14,17)/t9-,10+,11-,12-/m1/s1. The molecule has 0 unspecified atom stereocenters. The van der Waals surface area contributed by atoms with Crippen LogP contribution in [0.5, 0.6) is 0 Å². The van der Waals surface area contributed by atoms with Gasteiger partial charge in [0.1, 0.15) is 12.2 Å². The predicted molar refractivity (Wildman–Crippen MR) is 70.5 cm³/mol. The van der Waals surface area contributed by atoms with E-state index in [1.54, 1.807) is 0 Å². The number of aliphatic hydroxyl groups excluding tert-OH is 3. The largest absolute Gasteiger partial charge is 0.465 e. The number of rotatable bonds is 3. The van der Waals surface area contributed by atoms with E-state index in [1.165, 1.54) is 30.9 Å². The van der Waals surface area contributed by atoms with Crippen molar-refractivity contribution in [3.05, 3.63) is 23.5 Å². The summed E-state index contributed by atoms with van der Waals surface area (Å²) >= 11 is 0. The number of hydrogen-bond donors (Lipinski definition) is 4. The molecule has 1 aromatic rings. The van der Waals surface area contributed by atoms with E-state index < -0.39 is 36.9 Å². The number of aliphatic hydroxyl groups is 3. The molecule has 1 amide bonds. The van der Waals surface area contributed by atoms with Gasteiger partial charge in [0.2, 0.25) is 5.91 Å². The topological polar surface area (TPSA) is 121 Å². The molecule has 0 saturated heterocycles.